The fourth-order valence-electron chi connectivity index (χ4n) is 2.93. The number of nitrogens with zero attached hydrogens (tertiary/aromatic N) is 1. The molecule has 150 valence electrons. The lowest BCUT2D eigenvalue weighted by molar-refractivity contribution is -0.310. The predicted octanol–water partition coefficient (Wildman–Crippen LogP) is 2.79. The van der Waals surface area contributed by atoms with Crippen LogP contribution in [-0.2, 0) is 9.59 Å². The van der Waals surface area contributed by atoms with Gasteiger partial charge in [0.1, 0.15) is 10.4 Å². The Balaban J connectivity index is 1.93. The molecule has 1 fully saturated rings. The first kappa shape index (κ1) is 20.9. The van der Waals surface area contributed by atoms with Gasteiger partial charge in [0.2, 0.25) is 0 Å². The Hall–Kier alpha value is -2.84. The van der Waals surface area contributed by atoms with Crippen LogP contribution >= 0.6 is 24.0 Å². The molecule has 8 heteroatoms. The molecule has 0 bridgehead atoms. The number of thiocarbonyl (C=S) groups is 1. The number of methoxy groups -OCH3 is 1. The largest absolute Gasteiger partial charge is 0.547 e. The van der Waals surface area contributed by atoms with Gasteiger partial charge in [-0.1, -0.05) is 60.4 Å². The van der Waals surface area contributed by atoms with Crippen LogP contribution in [0.2, 0.25) is 0 Å². The second-order valence-corrected chi connectivity index (χ2v) is 7.70. The molecule has 2 aromatic carbocycles. The fraction of sp³-hybridized carbons (Fsp3) is 0.190. The third-order valence-corrected chi connectivity index (χ3v) is 5.54. The molecule has 1 heterocycles. The van der Waals surface area contributed by atoms with E-state index in [4.69, 9.17) is 21.7 Å². The van der Waals surface area contributed by atoms with Crippen LogP contribution in [0.25, 0.3) is 6.08 Å². The van der Waals surface area contributed by atoms with E-state index in [-0.39, 0.29) is 4.32 Å². The summed E-state index contributed by atoms with van der Waals surface area (Å²) < 4.78 is 11.0. The van der Waals surface area contributed by atoms with Crippen molar-refractivity contribution >= 4 is 46.3 Å². The summed E-state index contributed by atoms with van der Waals surface area (Å²) in [4.78, 5) is 26.2. The number of carbonyl (C=O) groups is 2. The Kier molecular flexibility index (Phi) is 6.56. The maximum Gasteiger partial charge on any atom is 0.267 e. The van der Waals surface area contributed by atoms with Crippen molar-refractivity contribution in [2.24, 2.45) is 0 Å². The van der Waals surface area contributed by atoms with E-state index < -0.39 is 17.9 Å². The zero-order valence-electron chi connectivity index (χ0n) is 15.8. The van der Waals surface area contributed by atoms with Gasteiger partial charge in [-0.15, -0.1) is 0 Å². The zero-order valence-corrected chi connectivity index (χ0v) is 17.4. The van der Waals surface area contributed by atoms with Gasteiger partial charge >= 0.3 is 0 Å². The summed E-state index contributed by atoms with van der Waals surface area (Å²) in [6.07, 6.45) is 1.65. The number of hydrogen-bond donors (Lipinski definition) is 0. The molecule has 1 amide bonds. The highest BCUT2D eigenvalue weighted by molar-refractivity contribution is 8.26. The monoisotopic (exact) mass is 428 g/mol. The summed E-state index contributed by atoms with van der Waals surface area (Å²) in [6, 6.07) is 12.4. The van der Waals surface area contributed by atoms with E-state index in [1.165, 1.54) is 7.11 Å². The Labute approximate surface area is 178 Å². The van der Waals surface area contributed by atoms with E-state index in [1.807, 2.05) is 6.92 Å². The first-order valence-electron chi connectivity index (χ1n) is 8.80. The number of aliphatic carboxylic acids is 1. The molecule has 1 saturated heterocycles. The molecule has 2 aromatic rings. The number of ether oxygens (including phenoxy) is 2. The van der Waals surface area contributed by atoms with Gasteiger partial charge in [-0.05, 0) is 36.3 Å². The number of thioether (sulfide) groups is 1. The van der Waals surface area contributed by atoms with Gasteiger partial charge in [-0.2, -0.15) is 0 Å². The van der Waals surface area contributed by atoms with Gasteiger partial charge in [-0.3, -0.25) is 9.69 Å². The molecule has 0 aliphatic carbocycles. The van der Waals surface area contributed by atoms with Crippen LogP contribution in [0.4, 0.5) is 0 Å². The van der Waals surface area contributed by atoms with Crippen LogP contribution in [0, 0.1) is 0 Å². The summed E-state index contributed by atoms with van der Waals surface area (Å²) in [7, 11) is 1.53. The second-order valence-electron chi connectivity index (χ2n) is 6.03. The maximum atomic E-state index is 13.0. The number of carbonyl (C=O) groups excluding carboxylic acids is 2. The first-order valence-corrected chi connectivity index (χ1v) is 10.0. The third kappa shape index (κ3) is 4.44. The maximum absolute atomic E-state index is 13.0. The number of carboxylic acid groups (broad SMARTS) is 1. The minimum Gasteiger partial charge on any atom is -0.547 e. The van der Waals surface area contributed by atoms with Crippen LogP contribution < -0.4 is 14.6 Å². The van der Waals surface area contributed by atoms with E-state index in [9.17, 15) is 14.7 Å². The molecule has 0 saturated carbocycles. The van der Waals surface area contributed by atoms with Crippen molar-refractivity contribution in [1.29, 1.82) is 0 Å². The van der Waals surface area contributed by atoms with Gasteiger partial charge in [0.15, 0.2) is 11.5 Å². The van der Waals surface area contributed by atoms with Crippen LogP contribution in [0.3, 0.4) is 0 Å². The third-order valence-electron chi connectivity index (χ3n) is 4.21. The average molecular weight is 429 g/mol. The average Bonchev–Trinajstić information content (AvgIpc) is 2.98. The van der Waals surface area contributed by atoms with Crippen LogP contribution in [-0.4, -0.2) is 34.8 Å². The fourth-order valence-corrected chi connectivity index (χ4v) is 4.24. The zero-order chi connectivity index (χ0) is 21.0. The van der Waals surface area contributed by atoms with E-state index in [2.05, 4.69) is 0 Å². The standard InChI is InChI=1S/C21H19NO5S2/c1-3-27-15-10-9-13(11-16(15)26-2)12-17-19(23)22(21(28)29-17)18(20(24)25)14-7-5-4-6-8-14/h4-12,18H,3H2,1-2H3,(H,24,25)/p-1/b17-12-/t18-/m0/s1. The predicted molar refractivity (Wildman–Crippen MR) is 113 cm³/mol. The molecule has 1 aliphatic rings. The molecule has 1 atom stereocenters. The molecule has 6 nitrogen and oxygen atoms in total. The highest BCUT2D eigenvalue weighted by atomic mass is 32.2. The Bertz CT molecular complexity index is 974. The molecular formula is C21H18NO5S2-. The van der Waals surface area contributed by atoms with Gasteiger partial charge in [0, 0.05) is 0 Å². The van der Waals surface area contributed by atoms with Gasteiger partial charge in [0.05, 0.1) is 24.6 Å². The number of rotatable bonds is 7. The van der Waals surface area contributed by atoms with E-state index in [0.29, 0.717) is 34.1 Å². The van der Waals surface area contributed by atoms with Gasteiger partial charge < -0.3 is 19.4 Å². The molecule has 29 heavy (non-hydrogen) atoms. The highest BCUT2D eigenvalue weighted by Gasteiger charge is 2.38. The van der Waals surface area contributed by atoms with Crippen molar-refractivity contribution in [1.82, 2.24) is 4.90 Å². The minimum absolute atomic E-state index is 0.164. The summed E-state index contributed by atoms with van der Waals surface area (Å²) in [6.45, 7) is 2.37. The summed E-state index contributed by atoms with van der Waals surface area (Å²) >= 11 is 6.35. The van der Waals surface area contributed by atoms with Gasteiger partial charge in [0.25, 0.3) is 5.91 Å². The Morgan fingerprint density at radius 2 is 1.97 bits per heavy atom. The lowest BCUT2D eigenvalue weighted by Gasteiger charge is -2.27. The smallest absolute Gasteiger partial charge is 0.267 e. The lowest BCUT2D eigenvalue weighted by atomic mass is 10.1. The quantitative estimate of drug-likeness (QED) is 0.496. The van der Waals surface area contributed by atoms with Crippen LogP contribution in [0.5, 0.6) is 11.5 Å². The second kappa shape index (κ2) is 9.11. The summed E-state index contributed by atoms with van der Waals surface area (Å²) in [5, 5.41) is 11.8. The molecule has 3 rings (SSSR count). The normalized spacial score (nSPS) is 16.2. The van der Waals surface area contributed by atoms with Crippen molar-refractivity contribution < 1.29 is 24.2 Å². The molecular weight excluding hydrogens is 410 g/mol. The van der Waals surface area contributed by atoms with Crippen molar-refractivity contribution in [3.8, 4) is 11.5 Å². The van der Waals surface area contributed by atoms with Gasteiger partial charge in [-0.25, -0.2) is 0 Å². The Morgan fingerprint density at radius 1 is 1.24 bits per heavy atom. The first-order chi connectivity index (χ1) is 14.0. The highest BCUT2D eigenvalue weighted by Crippen LogP contribution is 2.39. The van der Waals surface area contributed by atoms with Crippen molar-refractivity contribution in [3.63, 3.8) is 0 Å². The molecule has 0 radical (unpaired) electrons. The molecule has 1 aliphatic heterocycles. The number of hydrogen-bond acceptors (Lipinski definition) is 7. The lowest BCUT2D eigenvalue weighted by Crippen LogP contribution is -2.43. The van der Waals surface area contributed by atoms with Crippen molar-refractivity contribution in [3.05, 3.63) is 64.6 Å². The van der Waals surface area contributed by atoms with Crippen molar-refractivity contribution in [2.75, 3.05) is 13.7 Å². The summed E-state index contributed by atoms with van der Waals surface area (Å²) in [5.41, 5.74) is 1.13. The number of amides is 1. The van der Waals surface area contributed by atoms with E-state index >= 15 is 0 Å². The van der Waals surface area contributed by atoms with E-state index in [1.54, 1.807) is 54.6 Å². The molecule has 0 unspecified atom stereocenters. The molecule has 0 aromatic heterocycles. The number of benzene rings is 2. The van der Waals surface area contributed by atoms with E-state index in [0.717, 1.165) is 16.7 Å². The molecule has 0 spiro atoms. The minimum atomic E-state index is -1.39. The summed E-state index contributed by atoms with van der Waals surface area (Å²) in [5.74, 6) is -0.740. The van der Waals surface area contributed by atoms with Crippen LogP contribution in [0.15, 0.2) is 53.4 Å². The molecule has 0 N–H and O–H groups in total. The van der Waals surface area contributed by atoms with Crippen molar-refractivity contribution in [2.45, 2.75) is 13.0 Å². The topological polar surface area (TPSA) is 78.9 Å². The SMILES string of the molecule is CCOc1ccc(/C=C2\SC(=S)N([C@H](C(=O)[O-])c3ccccc3)C2=O)cc1OC. The van der Waals surface area contributed by atoms with Crippen LogP contribution in [0.1, 0.15) is 24.1 Å². The number of carboxylic acids is 1. The Morgan fingerprint density at radius 3 is 2.59 bits per heavy atom.